The van der Waals surface area contributed by atoms with Gasteiger partial charge in [0.1, 0.15) is 0 Å². The zero-order valence-corrected chi connectivity index (χ0v) is 10.6. The van der Waals surface area contributed by atoms with Crippen LogP contribution in [0.1, 0.15) is 60.5 Å². The first-order valence-corrected chi connectivity index (χ1v) is 7.02. The summed E-state index contributed by atoms with van der Waals surface area (Å²) >= 11 is 1.78. The zero-order valence-electron chi connectivity index (χ0n) is 9.83. The maximum Gasteiger partial charge on any atom is 0.0962 e. The molecule has 0 unspecified atom stereocenters. The van der Waals surface area contributed by atoms with E-state index in [-0.39, 0.29) is 0 Å². The van der Waals surface area contributed by atoms with Gasteiger partial charge in [0, 0.05) is 10.8 Å². The number of thiazole rings is 1. The molecular weight excluding hydrogens is 216 g/mol. The van der Waals surface area contributed by atoms with Gasteiger partial charge in [-0.2, -0.15) is 5.26 Å². The van der Waals surface area contributed by atoms with Gasteiger partial charge in [-0.25, -0.2) is 4.98 Å². The van der Waals surface area contributed by atoms with E-state index in [1.807, 2.05) is 0 Å². The molecule has 1 aromatic rings. The lowest BCUT2D eigenvalue weighted by Gasteiger charge is -2.18. The van der Waals surface area contributed by atoms with Crippen LogP contribution >= 0.6 is 11.3 Å². The normalized spacial score (nSPS) is 17.2. The highest BCUT2D eigenvalue weighted by Crippen LogP contribution is 2.36. The molecular formula is C13H18N2S. The summed E-state index contributed by atoms with van der Waals surface area (Å²) in [5.74, 6) is 0.677. The van der Waals surface area contributed by atoms with E-state index in [9.17, 15) is 0 Å². The Kier molecular flexibility index (Phi) is 3.95. The molecule has 0 spiro atoms. The monoisotopic (exact) mass is 234 g/mol. The van der Waals surface area contributed by atoms with E-state index in [1.165, 1.54) is 42.0 Å². The van der Waals surface area contributed by atoms with Crippen molar-refractivity contribution in [2.75, 3.05) is 0 Å². The summed E-state index contributed by atoms with van der Waals surface area (Å²) < 4.78 is 0. The van der Waals surface area contributed by atoms with Crippen molar-refractivity contribution < 1.29 is 0 Å². The summed E-state index contributed by atoms with van der Waals surface area (Å²) in [5, 5.41) is 10.1. The first-order chi connectivity index (χ1) is 7.85. The van der Waals surface area contributed by atoms with Gasteiger partial charge in [-0.15, -0.1) is 11.3 Å². The van der Waals surface area contributed by atoms with Gasteiger partial charge < -0.3 is 0 Å². The third-order valence-electron chi connectivity index (χ3n) is 3.32. The lowest BCUT2D eigenvalue weighted by atomic mass is 9.90. The Morgan fingerprint density at radius 3 is 2.75 bits per heavy atom. The van der Waals surface area contributed by atoms with Gasteiger partial charge in [0.2, 0.25) is 0 Å². The molecule has 3 heteroatoms. The summed E-state index contributed by atoms with van der Waals surface area (Å²) in [6.07, 6.45) is 8.16. The van der Waals surface area contributed by atoms with E-state index in [0.717, 1.165) is 12.1 Å². The summed E-state index contributed by atoms with van der Waals surface area (Å²) in [5.41, 5.74) is 1.16. The molecule has 0 atom stereocenters. The van der Waals surface area contributed by atoms with Crippen molar-refractivity contribution >= 4 is 11.3 Å². The molecule has 1 fully saturated rings. The van der Waals surface area contributed by atoms with Crippen LogP contribution in [0.3, 0.4) is 0 Å². The van der Waals surface area contributed by atoms with E-state index >= 15 is 0 Å². The van der Waals surface area contributed by atoms with Crippen LogP contribution in [-0.4, -0.2) is 4.98 Å². The van der Waals surface area contributed by atoms with Crippen molar-refractivity contribution in [3.8, 4) is 6.07 Å². The van der Waals surface area contributed by atoms with Crippen LogP contribution in [0.4, 0.5) is 0 Å². The zero-order chi connectivity index (χ0) is 11.4. The van der Waals surface area contributed by atoms with Gasteiger partial charge in [0.15, 0.2) is 0 Å². The van der Waals surface area contributed by atoms with Crippen LogP contribution in [0.25, 0.3) is 0 Å². The average molecular weight is 234 g/mol. The molecule has 0 aliphatic heterocycles. The molecule has 1 saturated carbocycles. The lowest BCUT2D eigenvalue weighted by molar-refractivity contribution is 0.442. The standard InChI is InChI=1S/C13H18N2S/c1-2-11-12(8-9-14)16-13(15-11)10-6-4-3-5-7-10/h10H,2-8H2,1H3. The molecule has 2 rings (SSSR count). The lowest BCUT2D eigenvalue weighted by Crippen LogP contribution is -2.04. The van der Waals surface area contributed by atoms with Gasteiger partial charge in [-0.05, 0) is 19.3 Å². The van der Waals surface area contributed by atoms with E-state index in [0.29, 0.717) is 12.3 Å². The number of hydrogen-bond acceptors (Lipinski definition) is 3. The summed E-state index contributed by atoms with van der Waals surface area (Å²) in [6.45, 7) is 2.13. The van der Waals surface area contributed by atoms with E-state index in [1.54, 1.807) is 11.3 Å². The van der Waals surface area contributed by atoms with Crippen molar-refractivity contribution in [3.05, 3.63) is 15.6 Å². The first kappa shape index (κ1) is 11.6. The van der Waals surface area contributed by atoms with Gasteiger partial charge in [0.05, 0.1) is 23.2 Å². The molecule has 2 nitrogen and oxygen atoms in total. The summed E-state index contributed by atoms with van der Waals surface area (Å²) in [6, 6.07) is 2.25. The molecule has 0 bridgehead atoms. The van der Waals surface area contributed by atoms with Gasteiger partial charge in [-0.1, -0.05) is 26.2 Å². The van der Waals surface area contributed by atoms with Crippen molar-refractivity contribution in [1.82, 2.24) is 4.98 Å². The van der Waals surface area contributed by atoms with Crippen LogP contribution in [0.5, 0.6) is 0 Å². The maximum atomic E-state index is 8.79. The SMILES string of the molecule is CCc1nc(C2CCCCC2)sc1CC#N. The third kappa shape index (κ3) is 2.44. The first-order valence-electron chi connectivity index (χ1n) is 6.20. The molecule has 0 aromatic carbocycles. The van der Waals surface area contributed by atoms with Crippen molar-refractivity contribution in [2.45, 2.75) is 57.8 Å². The Hall–Kier alpha value is -0.880. The second kappa shape index (κ2) is 5.45. The highest BCUT2D eigenvalue weighted by atomic mass is 32.1. The van der Waals surface area contributed by atoms with Crippen molar-refractivity contribution in [1.29, 1.82) is 5.26 Å². The fourth-order valence-corrected chi connectivity index (χ4v) is 3.67. The number of hydrogen-bond donors (Lipinski definition) is 0. The van der Waals surface area contributed by atoms with Gasteiger partial charge in [-0.3, -0.25) is 0 Å². The Labute approximate surface area is 101 Å². The Balaban J connectivity index is 2.17. The van der Waals surface area contributed by atoms with Crippen LogP contribution < -0.4 is 0 Å². The number of nitrogens with zero attached hydrogens (tertiary/aromatic N) is 2. The molecule has 1 aliphatic carbocycles. The predicted molar refractivity (Wildman–Crippen MR) is 66.6 cm³/mol. The summed E-state index contributed by atoms with van der Waals surface area (Å²) in [4.78, 5) is 5.94. The van der Waals surface area contributed by atoms with Crippen molar-refractivity contribution in [2.24, 2.45) is 0 Å². The molecule has 1 heterocycles. The molecule has 0 N–H and O–H groups in total. The minimum Gasteiger partial charge on any atom is -0.246 e. The topological polar surface area (TPSA) is 36.7 Å². The molecule has 1 aliphatic rings. The minimum atomic E-state index is 0.535. The smallest absolute Gasteiger partial charge is 0.0962 e. The molecule has 0 radical (unpaired) electrons. The second-order valence-electron chi connectivity index (χ2n) is 4.45. The molecule has 0 amide bonds. The molecule has 16 heavy (non-hydrogen) atoms. The summed E-state index contributed by atoms with van der Waals surface area (Å²) in [7, 11) is 0. The predicted octanol–water partition coefficient (Wildman–Crippen LogP) is 3.82. The number of aryl methyl sites for hydroxylation is 1. The highest BCUT2D eigenvalue weighted by molar-refractivity contribution is 7.11. The van der Waals surface area contributed by atoms with Gasteiger partial charge in [0.25, 0.3) is 0 Å². The molecule has 1 aromatic heterocycles. The Morgan fingerprint density at radius 1 is 1.38 bits per heavy atom. The average Bonchev–Trinajstić information content (AvgIpc) is 2.74. The Morgan fingerprint density at radius 2 is 2.12 bits per heavy atom. The van der Waals surface area contributed by atoms with Crippen molar-refractivity contribution in [3.63, 3.8) is 0 Å². The van der Waals surface area contributed by atoms with Crippen LogP contribution in [-0.2, 0) is 12.8 Å². The number of nitriles is 1. The largest absolute Gasteiger partial charge is 0.246 e. The Bertz CT molecular complexity index is 383. The van der Waals surface area contributed by atoms with E-state index in [4.69, 9.17) is 10.2 Å². The fourth-order valence-electron chi connectivity index (χ4n) is 2.41. The maximum absolute atomic E-state index is 8.79. The number of rotatable bonds is 3. The quantitative estimate of drug-likeness (QED) is 0.797. The second-order valence-corrected chi connectivity index (χ2v) is 5.56. The van der Waals surface area contributed by atoms with Crippen LogP contribution in [0.2, 0.25) is 0 Å². The highest BCUT2D eigenvalue weighted by Gasteiger charge is 2.20. The fraction of sp³-hybridized carbons (Fsp3) is 0.692. The van der Waals surface area contributed by atoms with Crippen LogP contribution in [0.15, 0.2) is 0 Å². The molecule has 0 saturated heterocycles. The van der Waals surface area contributed by atoms with Crippen LogP contribution in [0, 0.1) is 11.3 Å². The molecule has 86 valence electrons. The number of aromatic nitrogens is 1. The van der Waals surface area contributed by atoms with E-state index in [2.05, 4.69) is 13.0 Å². The minimum absolute atomic E-state index is 0.535. The van der Waals surface area contributed by atoms with E-state index < -0.39 is 0 Å². The third-order valence-corrected chi connectivity index (χ3v) is 4.58. The van der Waals surface area contributed by atoms with Gasteiger partial charge >= 0.3 is 0 Å².